The molecule has 2 rings (SSSR count). The summed E-state index contributed by atoms with van der Waals surface area (Å²) < 4.78 is 25.3. The summed E-state index contributed by atoms with van der Waals surface area (Å²) in [5, 5.41) is 12.0. The van der Waals surface area contributed by atoms with Crippen molar-refractivity contribution < 1.29 is 13.2 Å². The number of aryl methyl sites for hydroxylation is 1. The first-order valence-electron chi connectivity index (χ1n) is 7.25. The van der Waals surface area contributed by atoms with E-state index in [0.717, 1.165) is 10.6 Å². The van der Waals surface area contributed by atoms with Crippen molar-refractivity contribution in [2.75, 3.05) is 22.4 Å². The molecule has 2 aromatic carbocycles. The van der Waals surface area contributed by atoms with E-state index >= 15 is 0 Å². The molecule has 8 heteroatoms. The van der Waals surface area contributed by atoms with E-state index in [9.17, 15) is 13.2 Å². The molecular formula is C17H16ClN3O3S. The lowest BCUT2D eigenvalue weighted by Gasteiger charge is -2.24. The molecule has 0 radical (unpaired) electrons. The summed E-state index contributed by atoms with van der Waals surface area (Å²) in [7, 11) is -3.71. The number of nitrogens with one attached hydrogen (secondary N) is 1. The number of rotatable bonds is 5. The van der Waals surface area contributed by atoms with Crippen molar-refractivity contribution in [1.29, 1.82) is 5.26 Å². The summed E-state index contributed by atoms with van der Waals surface area (Å²) in [4.78, 5) is 12.3. The molecule has 6 nitrogen and oxygen atoms in total. The van der Waals surface area contributed by atoms with Gasteiger partial charge in [-0.25, -0.2) is 8.42 Å². The van der Waals surface area contributed by atoms with Crippen LogP contribution in [-0.2, 0) is 14.8 Å². The molecule has 1 amide bonds. The third kappa shape index (κ3) is 4.72. The van der Waals surface area contributed by atoms with E-state index in [1.807, 2.05) is 6.07 Å². The number of sulfonamides is 1. The number of hydrogen-bond acceptors (Lipinski definition) is 4. The van der Waals surface area contributed by atoms with Gasteiger partial charge in [-0.1, -0.05) is 29.8 Å². The van der Waals surface area contributed by atoms with Crippen molar-refractivity contribution in [3.05, 3.63) is 58.6 Å². The van der Waals surface area contributed by atoms with Crippen LogP contribution >= 0.6 is 11.6 Å². The summed E-state index contributed by atoms with van der Waals surface area (Å²) >= 11 is 5.96. The molecule has 0 heterocycles. The number of anilines is 2. The topological polar surface area (TPSA) is 90.3 Å². The Kier molecular flexibility index (Phi) is 5.67. The summed E-state index contributed by atoms with van der Waals surface area (Å²) in [6.07, 6.45) is 1.02. The minimum atomic E-state index is -3.71. The lowest BCUT2D eigenvalue weighted by atomic mass is 10.2. The lowest BCUT2D eigenvalue weighted by molar-refractivity contribution is -0.114. The number of para-hydroxylation sites is 1. The second kappa shape index (κ2) is 7.55. The highest BCUT2D eigenvalue weighted by molar-refractivity contribution is 7.92. The van der Waals surface area contributed by atoms with Gasteiger partial charge >= 0.3 is 0 Å². The van der Waals surface area contributed by atoms with Gasteiger partial charge in [-0.3, -0.25) is 9.10 Å². The number of carbonyl (C=O) groups is 1. The molecule has 0 aliphatic rings. The summed E-state index contributed by atoms with van der Waals surface area (Å²) in [6.45, 7) is 1.30. The number of carbonyl (C=O) groups excluding carboxylic acids is 1. The van der Waals surface area contributed by atoms with Crippen LogP contribution in [0, 0.1) is 18.3 Å². The Morgan fingerprint density at radius 3 is 2.60 bits per heavy atom. The van der Waals surface area contributed by atoms with Crippen molar-refractivity contribution in [1.82, 2.24) is 0 Å². The summed E-state index contributed by atoms with van der Waals surface area (Å²) in [6, 6.07) is 13.3. The van der Waals surface area contributed by atoms with Crippen LogP contribution in [0.2, 0.25) is 5.02 Å². The van der Waals surface area contributed by atoms with Gasteiger partial charge in [0.1, 0.15) is 12.6 Å². The Bertz CT molecular complexity index is 952. The van der Waals surface area contributed by atoms with Crippen LogP contribution in [0.1, 0.15) is 11.1 Å². The molecule has 0 aliphatic heterocycles. The zero-order valence-corrected chi connectivity index (χ0v) is 15.2. The van der Waals surface area contributed by atoms with E-state index in [2.05, 4.69) is 5.32 Å². The zero-order valence-electron chi connectivity index (χ0n) is 13.7. The average Bonchev–Trinajstić information content (AvgIpc) is 2.54. The first-order chi connectivity index (χ1) is 11.7. The maximum atomic E-state index is 12.3. The fourth-order valence-electron chi connectivity index (χ4n) is 2.24. The molecule has 2 aromatic rings. The van der Waals surface area contributed by atoms with Gasteiger partial charge in [0.05, 0.1) is 23.2 Å². The zero-order chi connectivity index (χ0) is 18.6. The largest absolute Gasteiger partial charge is 0.323 e. The molecule has 0 atom stereocenters. The molecular weight excluding hydrogens is 362 g/mol. The highest BCUT2D eigenvalue weighted by Crippen LogP contribution is 2.26. The monoisotopic (exact) mass is 377 g/mol. The van der Waals surface area contributed by atoms with Crippen molar-refractivity contribution in [2.45, 2.75) is 6.92 Å². The van der Waals surface area contributed by atoms with Gasteiger partial charge in [-0.05, 0) is 36.8 Å². The molecule has 0 spiro atoms. The molecule has 0 saturated heterocycles. The molecule has 25 heavy (non-hydrogen) atoms. The minimum absolute atomic E-state index is 0.292. The van der Waals surface area contributed by atoms with Gasteiger partial charge < -0.3 is 5.32 Å². The molecule has 130 valence electrons. The number of amides is 1. The predicted octanol–water partition coefficient (Wildman–Crippen LogP) is 2.92. The van der Waals surface area contributed by atoms with Gasteiger partial charge in [-0.15, -0.1) is 0 Å². The number of nitrogens with zero attached hydrogens (tertiary/aromatic N) is 2. The van der Waals surface area contributed by atoms with Crippen LogP contribution in [0.3, 0.4) is 0 Å². The van der Waals surface area contributed by atoms with Gasteiger partial charge in [0.2, 0.25) is 15.9 Å². The highest BCUT2D eigenvalue weighted by atomic mass is 35.5. The predicted molar refractivity (Wildman–Crippen MR) is 98.2 cm³/mol. The van der Waals surface area contributed by atoms with E-state index in [0.29, 0.717) is 27.5 Å². The molecule has 0 bridgehead atoms. The number of hydrogen-bond donors (Lipinski definition) is 1. The molecule has 0 unspecified atom stereocenters. The van der Waals surface area contributed by atoms with Crippen molar-refractivity contribution >= 4 is 38.9 Å². The quantitative estimate of drug-likeness (QED) is 0.867. The Morgan fingerprint density at radius 2 is 1.96 bits per heavy atom. The van der Waals surface area contributed by atoms with Gasteiger partial charge in [0, 0.05) is 5.02 Å². The number of halogens is 1. The van der Waals surface area contributed by atoms with Gasteiger partial charge in [0.15, 0.2) is 0 Å². The number of nitriles is 1. The van der Waals surface area contributed by atoms with E-state index < -0.39 is 22.5 Å². The standard InChI is InChI=1S/C17H16ClN3O3S/c1-12-7-8-14(18)9-16(12)21(25(2,23)24)11-17(22)20-15-6-4-3-5-13(15)10-19/h3-9H,11H2,1-2H3,(H,20,22). The van der Waals surface area contributed by atoms with Crippen LogP contribution in [0.4, 0.5) is 11.4 Å². The van der Waals surface area contributed by atoms with Crippen LogP contribution in [0.25, 0.3) is 0 Å². The fourth-order valence-corrected chi connectivity index (χ4v) is 3.31. The Hall–Kier alpha value is -2.56. The van der Waals surface area contributed by atoms with E-state index in [1.54, 1.807) is 43.3 Å². The molecule has 0 aromatic heterocycles. The third-order valence-corrected chi connectivity index (χ3v) is 4.81. The SMILES string of the molecule is Cc1ccc(Cl)cc1N(CC(=O)Nc1ccccc1C#N)S(C)(=O)=O. The summed E-state index contributed by atoms with van der Waals surface area (Å²) in [5.41, 5.74) is 1.62. The number of benzene rings is 2. The van der Waals surface area contributed by atoms with E-state index in [-0.39, 0.29) is 0 Å². The second-order valence-corrected chi connectivity index (χ2v) is 7.75. The first kappa shape index (κ1) is 18.8. The fraction of sp³-hybridized carbons (Fsp3) is 0.176. The Balaban J connectivity index is 2.31. The molecule has 0 saturated carbocycles. The first-order valence-corrected chi connectivity index (χ1v) is 9.48. The Labute approximate surface area is 151 Å². The smallest absolute Gasteiger partial charge is 0.245 e. The second-order valence-electron chi connectivity index (χ2n) is 5.41. The maximum absolute atomic E-state index is 12.3. The highest BCUT2D eigenvalue weighted by Gasteiger charge is 2.23. The van der Waals surface area contributed by atoms with Crippen LogP contribution in [-0.4, -0.2) is 27.1 Å². The normalized spacial score (nSPS) is 10.8. The van der Waals surface area contributed by atoms with Gasteiger partial charge in [-0.2, -0.15) is 5.26 Å². The van der Waals surface area contributed by atoms with Crippen molar-refractivity contribution in [2.24, 2.45) is 0 Å². The molecule has 0 aliphatic carbocycles. The van der Waals surface area contributed by atoms with E-state index in [1.165, 1.54) is 6.07 Å². The van der Waals surface area contributed by atoms with Gasteiger partial charge in [0.25, 0.3) is 0 Å². The maximum Gasteiger partial charge on any atom is 0.245 e. The minimum Gasteiger partial charge on any atom is -0.323 e. The molecule has 1 N–H and O–H groups in total. The third-order valence-electron chi connectivity index (χ3n) is 3.45. The van der Waals surface area contributed by atoms with Crippen LogP contribution in [0.15, 0.2) is 42.5 Å². The lowest BCUT2D eigenvalue weighted by Crippen LogP contribution is -2.38. The van der Waals surface area contributed by atoms with Crippen molar-refractivity contribution in [3.8, 4) is 6.07 Å². The Morgan fingerprint density at radius 1 is 1.28 bits per heavy atom. The van der Waals surface area contributed by atoms with Crippen molar-refractivity contribution in [3.63, 3.8) is 0 Å². The van der Waals surface area contributed by atoms with Crippen LogP contribution in [0.5, 0.6) is 0 Å². The summed E-state index contributed by atoms with van der Waals surface area (Å²) in [5.74, 6) is -0.562. The van der Waals surface area contributed by atoms with Crippen LogP contribution < -0.4 is 9.62 Å². The molecule has 0 fully saturated rings. The van der Waals surface area contributed by atoms with E-state index in [4.69, 9.17) is 16.9 Å². The average molecular weight is 378 g/mol.